The number of aromatic nitrogens is 1. The van der Waals surface area contributed by atoms with Gasteiger partial charge in [0, 0.05) is 23.1 Å². The second-order valence-corrected chi connectivity index (χ2v) is 6.14. The summed E-state index contributed by atoms with van der Waals surface area (Å²) in [5.74, 6) is 1.50. The van der Waals surface area contributed by atoms with E-state index in [0.29, 0.717) is 22.4 Å². The highest BCUT2D eigenvalue weighted by Gasteiger charge is 2.26. The van der Waals surface area contributed by atoms with Crippen LogP contribution in [0.4, 0.5) is 5.69 Å². The SMILES string of the molecule is COc1c(NC(=O)C2CCC2)ccc(Oc2nccs2)c1C. The summed E-state index contributed by atoms with van der Waals surface area (Å²) in [4.78, 5) is 16.2. The van der Waals surface area contributed by atoms with Crippen LogP contribution in [0.3, 0.4) is 0 Å². The van der Waals surface area contributed by atoms with Gasteiger partial charge in [0.05, 0.1) is 12.8 Å². The Morgan fingerprint density at radius 2 is 2.23 bits per heavy atom. The number of rotatable bonds is 5. The molecule has 1 aliphatic rings. The molecule has 1 aromatic heterocycles. The molecule has 0 saturated heterocycles. The lowest BCUT2D eigenvalue weighted by Gasteiger charge is -2.25. The Bertz CT molecular complexity index is 666. The third kappa shape index (κ3) is 2.92. The van der Waals surface area contributed by atoms with Crippen LogP contribution in [0.1, 0.15) is 24.8 Å². The van der Waals surface area contributed by atoms with Crippen molar-refractivity contribution < 1.29 is 14.3 Å². The first-order valence-corrected chi connectivity index (χ1v) is 8.13. The Labute approximate surface area is 133 Å². The molecule has 6 heteroatoms. The predicted octanol–water partition coefficient (Wildman–Crippen LogP) is 3.99. The Hall–Kier alpha value is -2.08. The van der Waals surface area contributed by atoms with Crippen molar-refractivity contribution in [3.05, 3.63) is 29.3 Å². The fourth-order valence-corrected chi connectivity index (χ4v) is 2.90. The van der Waals surface area contributed by atoms with Gasteiger partial charge < -0.3 is 14.8 Å². The van der Waals surface area contributed by atoms with Crippen LogP contribution in [0.2, 0.25) is 0 Å². The van der Waals surface area contributed by atoms with Crippen molar-refractivity contribution in [2.45, 2.75) is 26.2 Å². The molecule has 1 amide bonds. The highest BCUT2D eigenvalue weighted by atomic mass is 32.1. The maximum Gasteiger partial charge on any atom is 0.278 e. The minimum Gasteiger partial charge on any atom is -0.494 e. The van der Waals surface area contributed by atoms with E-state index < -0.39 is 0 Å². The summed E-state index contributed by atoms with van der Waals surface area (Å²) in [6, 6.07) is 3.64. The van der Waals surface area contributed by atoms with Gasteiger partial charge in [-0.1, -0.05) is 17.8 Å². The number of hydrogen-bond donors (Lipinski definition) is 1. The van der Waals surface area contributed by atoms with Crippen LogP contribution in [-0.2, 0) is 4.79 Å². The number of carbonyl (C=O) groups excluding carboxylic acids is 1. The Morgan fingerprint density at radius 1 is 1.41 bits per heavy atom. The summed E-state index contributed by atoms with van der Waals surface area (Å²) in [7, 11) is 1.59. The summed E-state index contributed by atoms with van der Waals surface area (Å²) in [5.41, 5.74) is 1.52. The number of nitrogens with zero attached hydrogens (tertiary/aromatic N) is 1. The molecule has 1 aromatic carbocycles. The molecule has 3 rings (SSSR count). The molecule has 0 atom stereocenters. The topological polar surface area (TPSA) is 60.5 Å². The van der Waals surface area contributed by atoms with Crippen molar-refractivity contribution >= 4 is 22.9 Å². The molecule has 1 aliphatic carbocycles. The van der Waals surface area contributed by atoms with Gasteiger partial charge in [-0.2, -0.15) is 0 Å². The van der Waals surface area contributed by atoms with E-state index in [0.717, 1.165) is 24.8 Å². The normalized spacial score (nSPS) is 14.3. The molecule has 0 bridgehead atoms. The smallest absolute Gasteiger partial charge is 0.278 e. The highest BCUT2D eigenvalue weighted by Crippen LogP contribution is 2.38. The van der Waals surface area contributed by atoms with E-state index >= 15 is 0 Å². The number of anilines is 1. The van der Waals surface area contributed by atoms with Crippen LogP contribution >= 0.6 is 11.3 Å². The molecule has 1 heterocycles. The second-order valence-electron chi connectivity index (χ2n) is 5.29. The summed E-state index contributed by atoms with van der Waals surface area (Å²) in [6.45, 7) is 1.90. The molecular weight excluding hydrogens is 300 g/mol. The molecule has 5 nitrogen and oxygen atoms in total. The van der Waals surface area contributed by atoms with Crippen molar-refractivity contribution in [3.8, 4) is 16.7 Å². The lowest BCUT2D eigenvalue weighted by Crippen LogP contribution is -2.28. The van der Waals surface area contributed by atoms with Gasteiger partial charge in [-0.3, -0.25) is 4.79 Å². The van der Waals surface area contributed by atoms with Crippen LogP contribution in [0.5, 0.6) is 16.7 Å². The standard InChI is InChI=1S/C16H18N2O3S/c1-10-13(21-16-17-8-9-22-16)7-6-12(14(10)20-2)18-15(19)11-4-3-5-11/h6-9,11H,3-5H2,1-2H3,(H,18,19). The zero-order chi connectivity index (χ0) is 15.5. The number of thiazole rings is 1. The molecule has 1 N–H and O–H groups in total. The van der Waals surface area contributed by atoms with Crippen LogP contribution in [0.15, 0.2) is 23.7 Å². The van der Waals surface area contributed by atoms with Gasteiger partial charge in [0.15, 0.2) is 0 Å². The number of carbonyl (C=O) groups is 1. The Balaban J connectivity index is 1.82. The van der Waals surface area contributed by atoms with E-state index in [1.165, 1.54) is 11.3 Å². The van der Waals surface area contributed by atoms with Crippen molar-refractivity contribution in [1.82, 2.24) is 4.98 Å². The fourth-order valence-electron chi connectivity index (χ4n) is 2.41. The van der Waals surface area contributed by atoms with E-state index in [2.05, 4.69) is 10.3 Å². The maximum absolute atomic E-state index is 12.1. The van der Waals surface area contributed by atoms with Crippen molar-refractivity contribution in [3.63, 3.8) is 0 Å². The van der Waals surface area contributed by atoms with Crippen molar-refractivity contribution in [2.24, 2.45) is 5.92 Å². The van der Waals surface area contributed by atoms with Crippen molar-refractivity contribution in [1.29, 1.82) is 0 Å². The average Bonchev–Trinajstić information content (AvgIpc) is 2.93. The molecule has 1 saturated carbocycles. The average molecular weight is 318 g/mol. The fraction of sp³-hybridized carbons (Fsp3) is 0.375. The van der Waals surface area contributed by atoms with E-state index in [9.17, 15) is 4.79 Å². The van der Waals surface area contributed by atoms with Gasteiger partial charge in [0.25, 0.3) is 5.19 Å². The number of methoxy groups -OCH3 is 1. The zero-order valence-electron chi connectivity index (χ0n) is 12.6. The predicted molar refractivity (Wildman–Crippen MR) is 85.9 cm³/mol. The monoisotopic (exact) mass is 318 g/mol. The molecule has 22 heavy (non-hydrogen) atoms. The van der Waals surface area contributed by atoms with Gasteiger partial charge in [0.1, 0.15) is 11.5 Å². The quantitative estimate of drug-likeness (QED) is 0.905. The van der Waals surface area contributed by atoms with Crippen LogP contribution in [-0.4, -0.2) is 18.0 Å². The molecule has 0 spiro atoms. The number of ether oxygens (including phenoxy) is 2. The van der Waals surface area contributed by atoms with Crippen LogP contribution in [0.25, 0.3) is 0 Å². The van der Waals surface area contributed by atoms with Crippen LogP contribution < -0.4 is 14.8 Å². The van der Waals surface area contributed by atoms with Gasteiger partial charge in [-0.25, -0.2) is 4.98 Å². The number of amides is 1. The van der Waals surface area contributed by atoms with Gasteiger partial charge in [0.2, 0.25) is 5.91 Å². The van der Waals surface area contributed by atoms with E-state index in [1.807, 2.05) is 24.4 Å². The lowest BCUT2D eigenvalue weighted by atomic mass is 9.85. The lowest BCUT2D eigenvalue weighted by molar-refractivity contribution is -0.122. The zero-order valence-corrected chi connectivity index (χ0v) is 13.4. The number of benzene rings is 1. The molecule has 0 radical (unpaired) electrons. The molecule has 2 aromatic rings. The number of nitrogens with one attached hydrogen (secondary N) is 1. The van der Waals surface area contributed by atoms with E-state index in [1.54, 1.807) is 13.3 Å². The van der Waals surface area contributed by atoms with Crippen LogP contribution in [0, 0.1) is 12.8 Å². The van der Waals surface area contributed by atoms with Gasteiger partial charge >= 0.3 is 0 Å². The minimum absolute atomic E-state index is 0.0672. The third-order valence-electron chi connectivity index (χ3n) is 3.90. The number of hydrogen-bond acceptors (Lipinski definition) is 5. The molecule has 1 fully saturated rings. The van der Waals surface area contributed by atoms with E-state index in [-0.39, 0.29) is 11.8 Å². The highest BCUT2D eigenvalue weighted by molar-refractivity contribution is 7.11. The first-order chi connectivity index (χ1) is 10.7. The van der Waals surface area contributed by atoms with Gasteiger partial charge in [-0.05, 0) is 31.9 Å². The summed E-state index contributed by atoms with van der Waals surface area (Å²) >= 11 is 1.43. The summed E-state index contributed by atoms with van der Waals surface area (Å²) in [5, 5.41) is 5.39. The van der Waals surface area contributed by atoms with E-state index in [4.69, 9.17) is 9.47 Å². The van der Waals surface area contributed by atoms with Crippen molar-refractivity contribution in [2.75, 3.05) is 12.4 Å². The molecular formula is C16H18N2O3S. The van der Waals surface area contributed by atoms with Gasteiger partial charge in [-0.15, -0.1) is 0 Å². The minimum atomic E-state index is 0.0672. The Kier molecular flexibility index (Phi) is 4.29. The maximum atomic E-state index is 12.1. The summed E-state index contributed by atoms with van der Waals surface area (Å²) < 4.78 is 11.2. The second kappa shape index (κ2) is 6.36. The first-order valence-electron chi connectivity index (χ1n) is 7.25. The third-order valence-corrected chi connectivity index (χ3v) is 4.55. The first kappa shape index (κ1) is 14.8. The largest absolute Gasteiger partial charge is 0.494 e. The molecule has 0 aliphatic heterocycles. The molecule has 0 unspecified atom stereocenters. The Morgan fingerprint density at radius 3 is 2.82 bits per heavy atom. The molecule has 116 valence electrons. The summed E-state index contributed by atoms with van der Waals surface area (Å²) in [6.07, 6.45) is 4.77.